The monoisotopic (exact) mass is 767 g/mol. The summed E-state index contributed by atoms with van der Waals surface area (Å²) in [6.45, 7) is 11.9. The average Bonchev–Trinajstić information content (AvgIpc) is 3.48. The van der Waals surface area contributed by atoms with Gasteiger partial charge in [-0.1, -0.05) is 209 Å². The molecule has 8 aromatic carbocycles. The lowest BCUT2D eigenvalue weighted by molar-refractivity contribution is 0.660. The Morgan fingerprint density at radius 2 is 0.737 bits per heavy atom. The van der Waals surface area contributed by atoms with Gasteiger partial charge in [-0.25, -0.2) is 0 Å². The maximum Gasteiger partial charge on any atom is 0.179 e. The van der Waals surface area contributed by atoms with Gasteiger partial charge >= 0.3 is 0 Å². The third-order valence-corrected chi connectivity index (χ3v) is 19.1. The second-order valence-corrected chi connectivity index (χ2v) is 25.9. The summed E-state index contributed by atoms with van der Waals surface area (Å²) in [5.41, 5.74) is 11.2. The number of hydrogen-bond acceptors (Lipinski definition) is 1. The van der Waals surface area contributed by atoms with Crippen LogP contribution in [-0.4, -0.2) is 16.1 Å². The predicted molar refractivity (Wildman–Crippen MR) is 251 cm³/mol. The first-order valence-corrected chi connectivity index (χ1v) is 25.7. The normalized spacial score (nSPS) is 13.1. The lowest BCUT2D eigenvalue weighted by Crippen LogP contribution is -2.74. The van der Waals surface area contributed by atoms with E-state index in [0.29, 0.717) is 0 Å². The van der Waals surface area contributed by atoms with Gasteiger partial charge in [-0.15, -0.1) is 0 Å². The molecule has 0 aliphatic heterocycles. The third-order valence-electron chi connectivity index (χ3n) is 12.2. The zero-order chi connectivity index (χ0) is 39.2. The highest BCUT2D eigenvalue weighted by Gasteiger charge is 2.41. The van der Waals surface area contributed by atoms with Crippen LogP contribution in [-0.2, 0) is 5.41 Å². The molecule has 0 aromatic heterocycles. The molecule has 0 radical (unpaired) electrons. The molecular formula is C54H49NSi2. The molecule has 57 heavy (non-hydrogen) atoms. The maximum absolute atomic E-state index is 2.66. The zero-order valence-corrected chi connectivity index (χ0v) is 35.6. The first-order valence-electron chi connectivity index (χ1n) is 20.2. The van der Waals surface area contributed by atoms with Crippen LogP contribution in [0.3, 0.4) is 0 Å². The van der Waals surface area contributed by atoms with Crippen LogP contribution in [0.5, 0.6) is 0 Å². The summed E-state index contributed by atoms with van der Waals surface area (Å²) < 4.78 is 0. The Morgan fingerprint density at radius 1 is 0.351 bits per heavy atom. The van der Waals surface area contributed by atoms with Crippen LogP contribution in [0.25, 0.3) is 22.3 Å². The van der Waals surface area contributed by atoms with Crippen LogP contribution in [0.15, 0.2) is 206 Å². The summed E-state index contributed by atoms with van der Waals surface area (Å²) in [5.74, 6) is 0. The van der Waals surface area contributed by atoms with E-state index in [-0.39, 0.29) is 5.41 Å². The van der Waals surface area contributed by atoms with Gasteiger partial charge in [-0.05, 0) is 90.5 Å². The number of benzene rings is 8. The molecule has 0 N–H and O–H groups in total. The highest BCUT2D eigenvalue weighted by Crippen LogP contribution is 2.50. The van der Waals surface area contributed by atoms with Crippen LogP contribution in [0, 0.1) is 0 Å². The van der Waals surface area contributed by atoms with E-state index in [4.69, 9.17) is 0 Å². The molecule has 1 aliphatic carbocycles. The summed E-state index contributed by atoms with van der Waals surface area (Å²) in [7, 11) is -4.04. The van der Waals surface area contributed by atoms with E-state index in [1.165, 1.54) is 59.3 Å². The number of fused-ring (bicyclic) bond motifs is 3. The minimum absolute atomic E-state index is 0.102. The summed E-state index contributed by atoms with van der Waals surface area (Å²) in [4.78, 5) is 2.44. The zero-order valence-electron chi connectivity index (χ0n) is 33.6. The van der Waals surface area contributed by atoms with Crippen LogP contribution in [0.1, 0.15) is 25.0 Å². The molecule has 0 fully saturated rings. The van der Waals surface area contributed by atoms with Gasteiger partial charge in [0.2, 0.25) is 0 Å². The maximum atomic E-state index is 2.44. The molecule has 0 saturated carbocycles. The van der Waals surface area contributed by atoms with Crippen molar-refractivity contribution < 1.29 is 0 Å². The van der Waals surface area contributed by atoms with Crippen molar-refractivity contribution in [2.75, 3.05) is 4.90 Å². The lowest BCUT2D eigenvalue weighted by atomic mass is 9.82. The van der Waals surface area contributed by atoms with Gasteiger partial charge in [-0.2, -0.15) is 0 Å². The molecule has 9 rings (SSSR count). The van der Waals surface area contributed by atoms with Crippen LogP contribution in [0.4, 0.5) is 17.1 Å². The molecular weight excluding hydrogens is 719 g/mol. The molecule has 1 aliphatic rings. The minimum atomic E-state index is -2.66. The molecule has 3 heteroatoms. The molecule has 0 heterocycles. The third kappa shape index (κ3) is 6.41. The fraction of sp³-hybridized carbons (Fsp3) is 0.111. The Bertz CT molecular complexity index is 2550. The van der Waals surface area contributed by atoms with Gasteiger partial charge in [0.25, 0.3) is 0 Å². The molecule has 0 atom stereocenters. The lowest BCUT2D eigenvalue weighted by Gasteiger charge is -2.35. The van der Waals surface area contributed by atoms with Crippen LogP contribution < -0.4 is 30.8 Å². The summed E-state index contributed by atoms with van der Waals surface area (Å²) in [5, 5.41) is 6.97. The van der Waals surface area contributed by atoms with Crippen molar-refractivity contribution in [1.82, 2.24) is 0 Å². The molecule has 0 amide bonds. The van der Waals surface area contributed by atoms with Crippen molar-refractivity contribution in [3.05, 3.63) is 217 Å². The van der Waals surface area contributed by atoms with Crippen molar-refractivity contribution in [1.29, 1.82) is 0 Å². The van der Waals surface area contributed by atoms with E-state index >= 15 is 0 Å². The van der Waals surface area contributed by atoms with E-state index < -0.39 is 16.1 Å². The number of hydrogen-bond donors (Lipinski definition) is 0. The summed E-state index contributed by atoms with van der Waals surface area (Å²) in [6, 6.07) is 77.4. The van der Waals surface area contributed by atoms with Gasteiger partial charge in [0.15, 0.2) is 8.07 Å². The van der Waals surface area contributed by atoms with E-state index in [2.05, 4.69) is 245 Å². The molecule has 8 aromatic rings. The van der Waals surface area contributed by atoms with Crippen molar-refractivity contribution in [2.24, 2.45) is 0 Å². The highest BCUT2D eigenvalue weighted by atomic mass is 28.3. The molecule has 0 saturated heterocycles. The van der Waals surface area contributed by atoms with Crippen molar-refractivity contribution in [3.63, 3.8) is 0 Å². The number of rotatable bonds is 9. The Labute approximate surface area is 341 Å². The van der Waals surface area contributed by atoms with Gasteiger partial charge in [0.05, 0.1) is 8.07 Å². The second kappa shape index (κ2) is 14.5. The minimum Gasteiger partial charge on any atom is -0.310 e. The topological polar surface area (TPSA) is 3.24 Å². The van der Waals surface area contributed by atoms with Gasteiger partial charge in [-0.3, -0.25) is 0 Å². The average molecular weight is 768 g/mol. The fourth-order valence-electron chi connectivity index (χ4n) is 9.17. The summed E-state index contributed by atoms with van der Waals surface area (Å²) in [6.07, 6.45) is 0. The SMILES string of the molecule is CC1(C)c2ccccc2-c2ccc(N(c3ccc(-c4ccc([Si](C)(C)C)cc4)cc3)c3ccc([Si](c4ccccc4)(c4ccccc4)c4ccccc4)cc3)cc21. The highest BCUT2D eigenvalue weighted by molar-refractivity contribution is 7.19. The standard InChI is InChI=1S/C54H49NSi2/c1-54(2)52-24-16-15-23-50(52)51-38-33-44(39-53(51)54)55(42-29-25-40(26-30-42)41-27-34-45(35-28-41)56(3,4)5)43-31-36-49(37-32-43)57(46-17-9-6-10-18-46,47-19-11-7-12-20-47)48-21-13-8-14-22-48/h6-39H,1-5H3. The van der Waals surface area contributed by atoms with Gasteiger partial charge < -0.3 is 4.90 Å². The Morgan fingerprint density at radius 3 is 1.25 bits per heavy atom. The van der Waals surface area contributed by atoms with Crippen LogP contribution >= 0.6 is 0 Å². The van der Waals surface area contributed by atoms with E-state index in [0.717, 1.165) is 17.1 Å². The Kier molecular flexibility index (Phi) is 9.31. The van der Waals surface area contributed by atoms with Crippen LogP contribution in [0.2, 0.25) is 19.6 Å². The fourth-order valence-corrected chi connectivity index (χ4v) is 15.1. The van der Waals surface area contributed by atoms with Crippen molar-refractivity contribution in [2.45, 2.75) is 38.9 Å². The first-order chi connectivity index (χ1) is 27.7. The molecule has 0 spiro atoms. The molecule has 278 valence electrons. The smallest absolute Gasteiger partial charge is 0.179 e. The number of nitrogens with zero attached hydrogens (tertiary/aromatic N) is 1. The van der Waals surface area contributed by atoms with Crippen molar-refractivity contribution in [3.8, 4) is 22.3 Å². The Hall–Kier alpha value is -6.01. The van der Waals surface area contributed by atoms with E-state index in [1.54, 1.807) is 0 Å². The summed E-state index contributed by atoms with van der Waals surface area (Å²) >= 11 is 0. The predicted octanol–water partition coefficient (Wildman–Crippen LogP) is 11.1. The van der Waals surface area contributed by atoms with E-state index in [1.807, 2.05) is 0 Å². The molecule has 0 bridgehead atoms. The van der Waals surface area contributed by atoms with Crippen molar-refractivity contribution >= 4 is 59.1 Å². The largest absolute Gasteiger partial charge is 0.310 e. The second-order valence-electron chi connectivity index (χ2n) is 17.0. The first kappa shape index (κ1) is 36.6. The van der Waals surface area contributed by atoms with E-state index in [9.17, 15) is 0 Å². The van der Waals surface area contributed by atoms with Gasteiger partial charge in [0, 0.05) is 22.5 Å². The number of anilines is 3. The molecule has 1 nitrogen and oxygen atoms in total. The quantitative estimate of drug-likeness (QED) is 0.104. The Balaban J connectivity index is 1.19. The van der Waals surface area contributed by atoms with Gasteiger partial charge in [0.1, 0.15) is 0 Å². The molecule has 0 unspecified atom stereocenters.